The van der Waals surface area contributed by atoms with Crippen molar-refractivity contribution in [2.45, 2.75) is 44.8 Å². The molecule has 2 aliphatic rings. The maximum absolute atomic E-state index is 13.1. The van der Waals surface area contributed by atoms with Crippen LogP contribution < -0.4 is 0 Å². The summed E-state index contributed by atoms with van der Waals surface area (Å²) in [6.45, 7) is 5.24. The number of carbonyl (C=O) groups excluding carboxylic acids is 1. The average molecular weight is 387 g/mol. The number of rotatable bonds is 3. The van der Waals surface area contributed by atoms with Crippen molar-refractivity contribution in [3.05, 3.63) is 52.8 Å². The molecule has 0 saturated carbocycles. The summed E-state index contributed by atoms with van der Waals surface area (Å²) in [6.07, 6.45) is 6.14. The van der Waals surface area contributed by atoms with E-state index in [4.69, 9.17) is 16.4 Å². The van der Waals surface area contributed by atoms with Crippen LogP contribution in [-0.2, 0) is 9.63 Å². The molecule has 0 bridgehead atoms. The number of oxime groups is 1. The minimum Gasteiger partial charge on any atom is -0.379 e. The van der Waals surface area contributed by atoms with E-state index >= 15 is 0 Å². The maximum atomic E-state index is 13.1. The second-order valence-electron chi connectivity index (χ2n) is 7.54. The Morgan fingerprint density at radius 1 is 1.30 bits per heavy atom. The van der Waals surface area contributed by atoms with Crippen molar-refractivity contribution in [1.29, 1.82) is 0 Å². The number of nitrogens with zero attached hydrogens (tertiary/aromatic N) is 4. The quantitative estimate of drug-likeness (QED) is 0.809. The summed E-state index contributed by atoms with van der Waals surface area (Å²) in [6, 6.07) is 7.84. The van der Waals surface area contributed by atoms with Crippen LogP contribution >= 0.6 is 11.6 Å². The molecule has 7 heteroatoms. The van der Waals surface area contributed by atoms with E-state index in [2.05, 4.69) is 16.5 Å². The van der Waals surface area contributed by atoms with Crippen LogP contribution in [-0.4, -0.2) is 45.0 Å². The number of piperidine rings is 1. The minimum atomic E-state index is -0.969. The van der Waals surface area contributed by atoms with Gasteiger partial charge in [0.1, 0.15) is 0 Å². The van der Waals surface area contributed by atoms with Crippen LogP contribution in [0.5, 0.6) is 0 Å². The molecular weight excluding hydrogens is 364 g/mol. The van der Waals surface area contributed by atoms with Crippen LogP contribution in [0, 0.1) is 6.92 Å². The number of hydrogen-bond donors (Lipinski definition) is 0. The number of halogens is 1. The van der Waals surface area contributed by atoms with Gasteiger partial charge in [-0.25, -0.2) is 0 Å². The highest BCUT2D eigenvalue weighted by Gasteiger charge is 2.45. The van der Waals surface area contributed by atoms with Gasteiger partial charge in [0.15, 0.2) is 0 Å². The summed E-state index contributed by atoms with van der Waals surface area (Å²) in [4.78, 5) is 20.6. The smallest absolute Gasteiger partial charge is 0.269 e. The highest BCUT2D eigenvalue weighted by atomic mass is 35.5. The van der Waals surface area contributed by atoms with E-state index in [1.54, 1.807) is 0 Å². The fourth-order valence-corrected chi connectivity index (χ4v) is 4.04. The van der Waals surface area contributed by atoms with Gasteiger partial charge in [-0.15, -0.1) is 0 Å². The summed E-state index contributed by atoms with van der Waals surface area (Å²) < 4.78 is 2.02. The van der Waals surface area contributed by atoms with Crippen LogP contribution in [0.1, 0.15) is 43.4 Å². The first-order chi connectivity index (χ1) is 13.0. The third-order valence-electron chi connectivity index (χ3n) is 5.36. The number of hydrogen-bond acceptors (Lipinski definition) is 4. The molecule has 2 aliphatic heterocycles. The van der Waals surface area contributed by atoms with E-state index in [-0.39, 0.29) is 5.91 Å². The first-order valence-electron chi connectivity index (χ1n) is 9.26. The predicted octanol–water partition coefficient (Wildman–Crippen LogP) is 3.59. The van der Waals surface area contributed by atoms with Gasteiger partial charge in [0.05, 0.1) is 18.0 Å². The standard InChI is InChI=1S/C20H23ClN4O2/c1-14-12-22-25(13-14)15-7-9-24(10-8-15)19(26)20(2)11-18(23-27-20)16-5-3-4-6-17(16)21/h3-6,12-13,15H,7-11H2,1-2H3. The van der Waals surface area contributed by atoms with Crippen LogP contribution in [0.2, 0.25) is 5.02 Å². The molecule has 142 valence electrons. The SMILES string of the molecule is Cc1cnn(C2CCN(C(=O)C3(C)CC(c4ccccc4Cl)=NO3)CC2)c1. The molecule has 6 nitrogen and oxygen atoms in total. The molecule has 27 heavy (non-hydrogen) atoms. The number of benzene rings is 1. The molecule has 1 unspecified atom stereocenters. The second kappa shape index (κ2) is 7.00. The summed E-state index contributed by atoms with van der Waals surface area (Å²) in [5.74, 6) is -0.0107. The van der Waals surface area contributed by atoms with Crippen molar-refractivity contribution in [2.75, 3.05) is 13.1 Å². The van der Waals surface area contributed by atoms with Gasteiger partial charge in [-0.1, -0.05) is 35.0 Å². The van der Waals surface area contributed by atoms with Crippen LogP contribution in [0.4, 0.5) is 0 Å². The van der Waals surface area contributed by atoms with Gasteiger partial charge in [0.2, 0.25) is 5.60 Å². The zero-order chi connectivity index (χ0) is 19.0. The molecule has 0 N–H and O–H groups in total. The molecule has 1 aromatic heterocycles. The van der Waals surface area contributed by atoms with Gasteiger partial charge in [-0.2, -0.15) is 5.10 Å². The van der Waals surface area contributed by atoms with Gasteiger partial charge >= 0.3 is 0 Å². The number of carbonyl (C=O) groups is 1. The van der Waals surface area contributed by atoms with Gasteiger partial charge < -0.3 is 9.74 Å². The van der Waals surface area contributed by atoms with Crippen LogP contribution in [0.3, 0.4) is 0 Å². The lowest BCUT2D eigenvalue weighted by atomic mass is 9.93. The van der Waals surface area contributed by atoms with Crippen molar-refractivity contribution in [3.63, 3.8) is 0 Å². The van der Waals surface area contributed by atoms with E-state index in [9.17, 15) is 4.79 Å². The van der Waals surface area contributed by atoms with E-state index in [0.717, 1.165) is 29.7 Å². The van der Waals surface area contributed by atoms with Gasteiger partial charge in [0, 0.05) is 36.3 Å². The molecule has 3 heterocycles. The summed E-state index contributed by atoms with van der Waals surface area (Å²) in [7, 11) is 0. The fourth-order valence-electron chi connectivity index (χ4n) is 3.79. The Balaban J connectivity index is 1.40. The molecule has 1 aromatic carbocycles. The van der Waals surface area contributed by atoms with Crippen LogP contribution in [0.15, 0.2) is 41.8 Å². The van der Waals surface area contributed by atoms with Gasteiger partial charge in [0.25, 0.3) is 5.91 Å². The third-order valence-corrected chi connectivity index (χ3v) is 5.69. The number of likely N-dealkylation sites (tertiary alicyclic amines) is 1. The minimum absolute atomic E-state index is 0.0107. The van der Waals surface area contributed by atoms with E-state index in [1.807, 2.05) is 53.9 Å². The zero-order valence-corrected chi connectivity index (χ0v) is 16.3. The van der Waals surface area contributed by atoms with Crippen molar-refractivity contribution in [3.8, 4) is 0 Å². The number of amides is 1. The van der Waals surface area contributed by atoms with Crippen molar-refractivity contribution in [2.24, 2.45) is 5.16 Å². The second-order valence-corrected chi connectivity index (χ2v) is 7.95. The third kappa shape index (κ3) is 3.46. The summed E-state index contributed by atoms with van der Waals surface area (Å²) in [5.41, 5.74) is 1.73. The lowest BCUT2D eigenvalue weighted by Crippen LogP contribution is -2.50. The first kappa shape index (κ1) is 18.0. The summed E-state index contributed by atoms with van der Waals surface area (Å²) in [5, 5.41) is 9.20. The van der Waals surface area contributed by atoms with Crippen molar-refractivity contribution in [1.82, 2.24) is 14.7 Å². The molecule has 0 radical (unpaired) electrons. The molecule has 0 aliphatic carbocycles. The average Bonchev–Trinajstić information content (AvgIpc) is 3.29. The molecule has 4 rings (SSSR count). The molecule has 1 atom stereocenters. The predicted molar refractivity (Wildman–Crippen MR) is 104 cm³/mol. The summed E-state index contributed by atoms with van der Waals surface area (Å²) >= 11 is 6.26. The topological polar surface area (TPSA) is 59.7 Å². The Kier molecular flexibility index (Phi) is 4.68. The molecular formula is C20H23ClN4O2. The largest absolute Gasteiger partial charge is 0.379 e. The van der Waals surface area contributed by atoms with E-state index in [1.165, 1.54) is 0 Å². The maximum Gasteiger partial charge on any atom is 0.269 e. The molecule has 1 amide bonds. The Bertz CT molecular complexity index is 886. The van der Waals surface area contributed by atoms with Crippen LogP contribution in [0.25, 0.3) is 0 Å². The van der Waals surface area contributed by atoms with Gasteiger partial charge in [-0.3, -0.25) is 9.48 Å². The zero-order valence-electron chi connectivity index (χ0n) is 15.6. The monoisotopic (exact) mass is 386 g/mol. The molecule has 2 aromatic rings. The number of aryl methyl sites for hydroxylation is 1. The number of aromatic nitrogens is 2. The highest BCUT2D eigenvalue weighted by molar-refractivity contribution is 6.34. The Morgan fingerprint density at radius 3 is 2.70 bits per heavy atom. The Hall–Kier alpha value is -2.34. The molecule has 0 spiro atoms. The van der Waals surface area contributed by atoms with Gasteiger partial charge in [-0.05, 0) is 38.3 Å². The fraction of sp³-hybridized carbons (Fsp3) is 0.450. The first-order valence-corrected chi connectivity index (χ1v) is 9.64. The van der Waals surface area contributed by atoms with E-state index in [0.29, 0.717) is 30.6 Å². The Labute approximate surface area is 163 Å². The lowest BCUT2D eigenvalue weighted by molar-refractivity contribution is -0.154. The van der Waals surface area contributed by atoms with Crippen molar-refractivity contribution >= 4 is 23.2 Å². The lowest BCUT2D eigenvalue weighted by Gasteiger charge is -2.35. The Morgan fingerprint density at radius 2 is 2.04 bits per heavy atom. The molecule has 1 fully saturated rings. The molecule has 1 saturated heterocycles. The van der Waals surface area contributed by atoms with Crippen molar-refractivity contribution < 1.29 is 9.63 Å². The highest BCUT2D eigenvalue weighted by Crippen LogP contribution is 2.32. The normalized spacial score (nSPS) is 23.2. The van der Waals surface area contributed by atoms with E-state index < -0.39 is 5.60 Å².